The van der Waals surface area contributed by atoms with Crippen molar-refractivity contribution in [3.05, 3.63) is 36.4 Å². The van der Waals surface area contributed by atoms with E-state index in [1.807, 2.05) is 30.3 Å². The van der Waals surface area contributed by atoms with Crippen molar-refractivity contribution in [2.24, 2.45) is 11.3 Å². The minimum absolute atomic E-state index is 0.102. The van der Waals surface area contributed by atoms with Gasteiger partial charge < -0.3 is 20.1 Å². The number of carbonyl (C=O) groups excluding carboxylic acids is 2. The van der Waals surface area contributed by atoms with Gasteiger partial charge in [-0.15, -0.1) is 0 Å². The Bertz CT molecular complexity index is 874. The standard InChI is InChI=1S/C21H24N2O4/c1-26-19(24)13-27-18-7-6-17(14-4-2-3-5-15(14)18)23-20(25)16-12-21(16)8-10-22-11-9-21/h2-7,16,22H,8-13H2,1H3,(H,23,25). The molecule has 1 saturated heterocycles. The van der Waals surface area contributed by atoms with E-state index in [0.29, 0.717) is 5.75 Å². The Morgan fingerprint density at radius 2 is 1.89 bits per heavy atom. The Morgan fingerprint density at radius 1 is 1.15 bits per heavy atom. The molecule has 6 nitrogen and oxygen atoms in total. The molecular formula is C21H24N2O4. The van der Waals surface area contributed by atoms with E-state index in [9.17, 15) is 9.59 Å². The van der Waals surface area contributed by atoms with Crippen LogP contribution in [0.15, 0.2) is 36.4 Å². The largest absolute Gasteiger partial charge is 0.481 e. The second kappa shape index (κ2) is 7.19. The van der Waals surface area contributed by atoms with Crippen molar-refractivity contribution in [3.8, 4) is 5.75 Å². The molecule has 27 heavy (non-hydrogen) atoms. The van der Waals surface area contributed by atoms with Crippen molar-refractivity contribution in [1.29, 1.82) is 0 Å². The summed E-state index contributed by atoms with van der Waals surface area (Å²) in [5, 5.41) is 8.23. The predicted molar refractivity (Wildman–Crippen MR) is 103 cm³/mol. The monoisotopic (exact) mass is 368 g/mol. The second-order valence-corrected chi connectivity index (χ2v) is 7.38. The van der Waals surface area contributed by atoms with Crippen LogP contribution in [0.4, 0.5) is 5.69 Å². The summed E-state index contributed by atoms with van der Waals surface area (Å²) in [6, 6.07) is 11.3. The fourth-order valence-corrected chi connectivity index (χ4v) is 4.12. The lowest BCUT2D eigenvalue weighted by atomic mass is 9.91. The van der Waals surface area contributed by atoms with Gasteiger partial charge >= 0.3 is 5.97 Å². The van der Waals surface area contributed by atoms with Crippen LogP contribution < -0.4 is 15.4 Å². The number of amides is 1. The van der Waals surface area contributed by atoms with Gasteiger partial charge in [0.2, 0.25) is 5.91 Å². The maximum atomic E-state index is 12.8. The maximum Gasteiger partial charge on any atom is 0.343 e. The SMILES string of the molecule is COC(=O)COc1ccc(NC(=O)C2CC23CCNCC3)c2ccccc12. The number of hydrogen-bond donors (Lipinski definition) is 2. The molecule has 1 aliphatic heterocycles. The van der Waals surface area contributed by atoms with Gasteiger partial charge in [-0.05, 0) is 49.9 Å². The highest BCUT2D eigenvalue weighted by Gasteiger charge is 2.57. The van der Waals surface area contributed by atoms with Gasteiger partial charge in [0.1, 0.15) is 5.75 Å². The normalized spacial score (nSPS) is 20.3. The molecule has 1 heterocycles. The number of methoxy groups -OCH3 is 1. The molecule has 2 fully saturated rings. The summed E-state index contributed by atoms with van der Waals surface area (Å²) in [4.78, 5) is 24.2. The van der Waals surface area contributed by atoms with E-state index in [0.717, 1.165) is 48.8 Å². The van der Waals surface area contributed by atoms with Crippen molar-refractivity contribution >= 4 is 28.3 Å². The van der Waals surface area contributed by atoms with E-state index in [-0.39, 0.29) is 23.8 Å². The Labute approximate surface area is 158 Å². The summed E-state index contributed by atoms with van der Waals surface area (Å²) in [6.45, 7) is 1.85. The highest BCUT2D eigenvalue weighted by Crippen LogP contribution is 2.58. The van der Waals surface area contributed by atoms with Crippen molar-refractivity contribution in [1.82, 2.24) is 5.32 Å². The lowest BCUT2D eigenvalue weighted by Crippen LogP contribution is -2.31. The predicted octanol–water partition coefficient (Wildman–Crippen LogP) is 2.72. The van der Waals surface area contributed by atoms with Crippen LogP contribution in [0.1, 0.15) is 19.3 Å². The lowest BCUT2D eigenvalue weighted by molar-refractivity contribution is -0.142. The number of nitrogens with one attached hydrogen (secondary N) is 2. The second-order valence-electron chi connectivity index (χ2n) is 7.38. The average molecular weight is 368 g/mol. The zero-order chi connectivity index (χ0) is 18.9. The van der Waals surface area contributed by atoms with Crippen LogP contribution in [0.3, 0.4) is 0 Å². The van der Waals surface area contributed by atoms with Crippen LogP contribution in [-0.4, -0.2) is 38.7 Å². The number of benzene rings is 2. The van der Waals surface area contributed by atoms with Crippen molar-refractivity contribution in [2.75, 3.05) is 32.1 Å². The summed E-state index contributed by atoms with van der Waals surface area (Å²) >= 11 is 0. The van der Waals surface area contributed by atoms with Gasteiger partial charge in [0.15, 0.2) is 6.61 Å². The minimum atomic E-state index is -0.433. The molecule has 1 spiro atoms. The van der Waals surface area contributed by atoms with E-state index in [1.165, 1.54) is 7.11 Å². The van der Waals surface area contributed by atoms with Gasteiger partial charge in [-0.3, -0.25) is 4.79 Å². The number of rotatable bonds is 5. The Morgan fingerprint density at radius 3 is 2.63 bits per heavy atom. The number of esters is 1. The average Bonchev–Trinajstić information content (AvgIpc) is 3.40. The zero-order valence-electron chi connectivity index (χ0n) is 15.4. The molecule has 0 aromatic heterocycles. The van der Waals surface area contributed by atoms with Gasteiger partial charge in [-0.1, -0.05) is 24.3 Å². The maximum absolute atomic E-state index is 12.8. The third kappa shape index (κ3) is 3.49. The zero-order valence-corrected chi connectivity index (χ0v) is 15.4. The van der Waals surface area contributed by atoms with Crippen LogP contribution in [0.2, 0.25) is 0 Å². The van der Waals surface area contributed by atoms with Crippen LogP contribution in [0.5, 0.6) is 5.75 Å². The molecule has 1 unspecified atom stereocenters. The molecule has 1 aliphatic carbocycles. The van der Waals surface area contributed by atoms with E-state index in [1.54, 1.807) is 6.07 Å². The summed E-state index contributed by atoms with van der Waals surface area (Å²) < 4.78 is 10.2. The molecule has 2 aliphatic rings. The molecule has 142 valence electrons. The molecule has 0 bridgehead atoms. The van der Waals surface area contributed by atoms with Crippen LogP contribution in [-0.2, 0) is 14.3 Å². The molecule has 2 N–H and O–H groups in total. The molecule has 4 rings (SSSR count). The minimum Gasteiger partial charge on any atom is -0.481 e. The Balaban J connectivity index is 1.52. The molecule has 0 radical (unpaired) electrons. The van der Waals surface area contributed by atoms with E-state index in [2.05, 4.69) is 15.4 Å². The molecule has 6 heteroatoms. The van der Waals surface area contributed by atoms with E-state index >= 15 is 0 Å². The smallest absolute Gasteiger partial charge is 0.343 e. The van der Waals surface area contributed by atoms with Gasteiger partial charge in [0, 0.05) is 22.4 Å². The van der Waals surface area contributed by atoms with Crippen molar-refractivity contribution in [2.45, 2.75) is 19.3 Å². The van der Waals surface area contributed by atoms with Crippen molar-refractivity contribution in [3.63, 3.8) is 0 Å². The number of ether oxygens (including phenoxy) is 2. The van der Waals surface area contributed by atoms with Gasteiger partial charge in [-0.25, -0.2) is 4.79 Å². The fraction of sp³-hybridized carbons (Fsp3) is 0.429. The molecule has 1 atom stereocenters. The summed E-state index contributed by atoms with van der Waals surface area (Å²) in [5.41, 5.74) is 0.978. The van der Waals surface area contributed by atoms with Gasteiger partial charge in [-0.2, -0.15) is 0 Å². The van der Waals surface area contributed by atoms with E-state index in [4.69, 9.17) is 4.74 Å². The lowest BCUT2D eigenvalue weighted by Gasteiger charge is -2.23. The quantitative estimate of drug-likeness (QED) is 0.794. The first-order chi connectivity index (χ1) is 13.1. The van der Waals surface area contributed by atoms with Crippen LogP contribution >= 0.6 is 0 Å². The third-order valence-corrected chi connectivity index (χ3v) is 5.82. The first-order valence-corrected chi connectivity index (χ1v) is 9.36. The summed E-state index contributed by atoms with van der Waals surface area (Å²) in [7, 11) is 1.33. The number of anilines is 1. The molecule has 2 aromatic rings. The molecule has 1 amide bonds. The molecule has 2 aromatic carbocycles. The highest BCUT2D eigenvalue weighted by molar-refractivity contribution is 6.05. The van der Waals surface area contributed by atoms with Gasteiger partial charge in [0.25, 0.3) is 0 Å². The Kier molecular flexibility index (Phi) is 4.74. The number of fused-ring (bicyclic) bond motifs is 1. The number of carbonyl (C=O) groups is 2. The van der Waals surface area contributed by atoms with Gasteiger partial charge in [0.05, 0.1) is 7.11 Å². The van der Waals surface area contributed by atoms with Crippen molar-refractivity contribution < 1.29 is 19.1 Å². The molecule has 1 saturated carbocycles. The summed E-state index contributed by atoms with van der Waals surface area (Å²) in [6.07, 6.45) is 3.14. The Hall–Kier alpha value is -2.60. The molecular weight excluding hydrogens is 344 g/mol. The first kappa shape index (κ1) is 17.8. The van der Waals surface area contributed by atoms with E-state index < -0.39 is 5.97 Å². The highest BCUT2D eigenvalue weighted by atomic mass is 16.6. The van der Waals surface area contributed by atoms with Crippen LogP contribution in [0.25, 0.3) is 10.8 Å². The third-order valence-electron chi connectivity index (χ3n) is 5.82. The van der Waals surface area contributed by atoms with Crippen LogP contribution in [0, 0.1) is 11.3 Å². The fourth-order valence-electron chi connectivity index (χ4n) is 4.12. The number of piperidine rings is 1. The first-order valence-electron chi connectivity index (χ1n) is 9.36. The number of hydrogen-bond acceptors (Lipinski definition) is 5. The summed E-state index contributed by atoms with van der Waals surface area (Å²) in [5.74, 6) is 0.367. The topological polar surface area (TPSA) is 76.7 Å².